The summed E-state index contributed by atoms with van der Waals surface area (Å²) in [6.45, 7) is 12.4. The van der Waals surface area contributed by atoms with Gasteiger partial charge in [-0.15, -0.1) is 0 Å². The Kier molecular flexibility index (Phi) is 7.55. The van der Waals surface area contributed by atoms with Crippen LogP contribution < -0.4 is 5.32 Å². The van der Waals surface area contributed by atoms with Gasteiger partial charge in [-0.3, -0.25) is 5.32 Å². The van der Waals surface area contributed by atoms with Crippen LogP contribution in [-0.2, 0) is 0 Å². The smallest absolute Gasteiger partial charge is 0.104 e. The molecule has 0 aliphatic carbocycles. The van der Waals surface area contributed by atoms with Crippen molar-refractivity contribution < 1.29 is 0 Å². The number of hydrogen-bond acceptors (Lipinski definition) is 3. The van der Waals surface area contributed by atoms with E-state index >= 15 is 0 Å². The zero-order valence-electron chi connectivity index (χ0n) is 13.9. The summed E-state index contributed by atoms with van der Waals surface area (Å²) in [4.78, 5) is 2.61. The molecule has 0 aromatic rings. The molecule has 2 atom stereocenters. The molecule has 1 rings (SSSR count). The summed E-state index contributed by atoms with van der Waals surface area (Å²) in [5, 5.41) is 12.7. The molecule has 1 saturated heterocycles. The highest BCUT2D eigenvalue weighted by molar-refractivity contribution is 5.04. The van der Waals surface area contributed by atoms with Crippen molar-refractivity contribution >= 4 is 0 Å². The van der Waals surface area contributed by atoms with E-state index in [9.17, 15) is 5.26 Å². The van der Waals surface area contributed by atoms with Crippen molar-refractivity contribution in [1.82, 2.24) is 10.2 Å². The number of likely N-dealkylation sites (tertiary alicyclic amines) is 1. The predicted molar refractivity (Wildman–Crippen MR) is 85.6 cm³/mol. The topological polar surface area (TPSA) is 39.1 Å². The average Bonchev–Trinajstić information content (AvgIpc) is 2.59. The van der Waals surface area contributed by atoms with Crippen molar-refractivity contribution in [3.05, 3.63) is 0 Å². The fourth-order valence-corrected chi connectivity index (χ4v) is 3.16. The monoisotopic (exact) mass is 279 g/mol. The fourth-order valence-electron chi connectivity index (χ4n) is 3.16. The molecule has 1 aliphatic heterocycles. The summed E-state index contributed by atoms with van der Waals surface area (Å²) in [6, 6.07) is 2.81. The van der Waals surface area contributed by atoms with Gasteiger partial charge in [-0.1, -0.05) is 6.92 Å². The Balaban J connectivity index is 2.22. The quantitative estimate of drug-likeness (QED) is 0.724. The molecule has 0 aromatic carbocycles. The molecular formula is C17H33N3. The largest absolute Gasteiger partial charge is 0.303 e. The minimum atomic E-state index is -0.360. The van der Waals surface area contributed by atoms with Crippen LogP contribution in [0.15, 0.2) is 0 Å². The van der Waals surface area contributed by atoms with Gasteiger partial charge in [0.2, 0.25) is 0 Å². The minimum absolute atomic E-state index is 0.360. The van der Waals surface area contributed by atoms with Crippen molar-refractivity contribution in [2.75, 3.05) is 19.6 Å². The number of rotatable bonds is 7. The Bertz CT molecular complexity index is 308. The molecule has 116 valence electrons. The molecule has 20 heavy (non-hydrogen) atoms. The molecule has 0 spiro atoms. The van der Waals surface area contributed by atoms with Crippen LogP contribution in [-0.4, -0.2) is 36.1 Å². The van der Waals surface area contributed by atoms with E-state index in [-0.39, 0.29) is 5.54 Å². The highest BCUT2D eigenvalue weighted by Crippen LogP contribution is 2.18. The Labute approximate surface area is 125 Å². The van der Waals surface area contributed by atoms with Gasteiger partial charge in [-0.2, -0.15) is 5.26 Å². The Morgan fingerprint density at radius 3 is 2.70 bits per heavy atom. The standard InChI is InChI=1S/C17H33N3/c1-15(2)19-17(4,14-18)10-5-6-11-20-12-7-8-16(3)9-13-20/h15-16,19H,5-13H2,1-4H3. The molecule has 1 N–H and O–H groups in total. The second kappa shape index (κ2) is 8.64. The third kappa shape index (κ3) is 6.72. The maximum Gasteiger partial charge on any atom is 0.104 e. The first-order valence-electron chi connectivity index (χ1n) is 8.36. The van der Waals surface area contributed by atoms with Crippen LogP contribution in [0.25, 0.3) is 0 Å². The van der Waals surface area contributed by atoms with Crippen LogP contribution in [0, 0.1) is 17.2 Å². The lowest BCUT2D eigenvalue weighted by molar-refractivity contribution is 0.268. The van der Waals surface area contributed by atoms with Crippen LogP contribution >= 0.6 is 0 Å². The van der Waals surface area contributed by atoms with Crippen LogP contribution in [0.3, 0.4) is 0 Å². The van der Waals surface area contributed by atoms with E-state index in [2.05, 4.69) is 37.1 Å². The van der Waals surface area contributed by atoms with Gasteiger partial charge < -0.3 is 4.90 Å². The number of hydrogen-bond donors (Lipinski definition) is 1. The highest BCUT2D eigenvalue weighted by atomic mass is 15.1. The van der Waals surface area contributed by atoms with Crippen molar-refractivity contribution in [2.45, 2.75) is 77.8 Å². The zero-order valence-corrected chi connectivity index (χ0v) is 13.9. The maximum absolute atomic E-state index is 9.33. The molecule has 3 heteroatoms. The van der Waals surface area contributed by atoms with Crippen molar-refractivity contribution in [3.63, 3.8) is 0 Å². The zero-order chi connectivity index (χ0) is 15.0. The normalized spacial score (nSPS) is 24.1. The maximum atomic E-state index is 9.33. The fraction of sp³-hybridized carbons (Fsp3) is 0.941. The molecule has 1 aliphatic rings. The van der Waals surface area contributed by atoms with Gasteiger partial charge in [-0.05, 0) is 84.8 Å². The third-order valence-electron chi connectivity index (χ3n) is 4.36. The van der Waals surface area contributed by atoms with Crippen molar-refractivity contribution in [2.24, 2.45) is 5.92 Å². The van der Waals surface area contributed by atoms with Gasteiger partial charge in [0.25, 0.3) is 0 Å². The summed E-state index contributed by atoms with van der Waals surface area (Å²) >= 11 is 0. The summed E-state index contributed by atoms with van der Waals surface area (Å²) in [7, 11) is 0. The van der Waals surface area contributed by atoms with Gasteiger partial charge >= 0.3 is 0 Å². The summed E-state index contributed by atoms with van der Waals surface area (Å²) in [5.74, 6) is 0.900. The van der Waals surface area contributed by atoms with E-state index < -0.39 is 0 Å². The van der Waals surface area contributed by atoms with Crippen LogP contribution in [0.2, 0.25) is 0 Å². The first-order chi connectivity index (χ1) is 9.45. The van der Waals surface area contributed by atoms with E-state index in [0.717, 1.165) is 18.8 Å². The second-order valence-corrected chi connectivity index (χ2v) is 7.08. The lowest BCUT2D eigenvalue weighted by Gasteiger charge is -2.26. The lowest BCUT2D eigenvalue weighted by Crippen LogP contribution is -2.45. The number of nitrogens with zero attached hydrogens (tertiary/aromatic N) is 2. The van der Waals surface area contributed by atoms with Gasteiger partial charge in [0, 0.05) is 6.04 Å². The van der Waals surface area contributed by atoms with E-state index in [1.165, 1.54) is 45.3 Å². The molecule has 0 saturated carbocycles. The summed E-state index contributed by atoms with van der Waals surface area (Å²) < 4.78 is 0. The second-order valence-electron chi connectivity index (χ2n) is 7.08. The predicted octanol–water partition coefficient (Wildman–Crippen LogP) is 3.56. The molecule has 0 bridgehead atoms. The van der Waals surface area contributed by atoms with Crippen LogP contribution in [0.5, 0.6) is 0 Å². The molecule has 1 fully saturated rings. The lowest BCUT2D eigenvalue weighted by atomic mass is 9.95. The van der Waals surface area contributed by atoms with Gasteiger partial charge in [0.1, 0.15) is 5.54 Å². The van der Waals surface area contributed by atoms with E-state index in [1.54, 1.807) is 0 Å². The molecule has 3 nitrogen and oxygen atoms in total. The minimum Gasteiger partial charge on any atom is -0.303 e. The van der Waals surface area contributed by atoms with Crippen molar-refractivity contribution in [1.29, 1.82) is 5.26 Å². The molecule has 0 amide bonds. The molecule has 2 unspecified atom stereocenters. The first-order valence-corrected chi connectivity index (χ1v) is 8.36. The molecule has 0 radical (unpaired) electrons. The SMILES string of the molecule is CC1CCCN(CCCCC(C)(C#N)NC(C)C)CC1. The highest BCUT2D eigenvalue weighted by Gasteiger charge is 2.23. The Morgan fingerprint density at radius 1 is 1.30 bits per heavy atom. The van der Waals surface area contributed by atoms with E-state index in [0.29, 0.717) is 6.04 Å². The van der Waals surface area contributed by atoms with Crippen LogP contribution in [0.4, 0.5) is 0 Å². The molecule has 0 aromatic heterocycles. The Morgan fingerprint density at radius 2 is 2.05 bits per heavy atom. The van der Waals surface area contributed by atoms with Crippen molar-refractivity contribution in [3.8, 4) is 6.07 Å². The first kappa shape index (κ1) is 17.5. The number of nitriles is 1. The third-order valence-corrected chi connectivity index (χ3v) is 4.36. The van der Waals surface area contributed by atoms with E-state index in [1.807, 2.05) is 6.92 Å². The van der Waals surface area contributed by atoms with Gasteiger partial charge in [0.05, 0.1) is 6.07 Å². The Hall–Kier alpha value is -0.590. The van der Waals surface area contributed by atoms with E-state index in [4.69, 9.17) is 0 Å². The molecule has 1 heterocycles. The molecular weight excluding hydrogens is 246 g/mol. The summed E-state index contributed by atoms with van der Waals surface area (Å²) in [6.07, 6.45) is 7.39. The number of unbranched alkanes of at least 4 members (excludes halogenated alkanes) is 1. The van der Waals surface area contributed by atoms with Gasteiger partial charge in [0.15, 0.2) is 0 Å². The van der Waals surface area contributed by atoms with Crippen LogP contribution in [0.1, 0.15) is 66.2 Å². The summed E-state index contributed by atoms with van der Waals surface area (Å²) in [5.41, 5.74) is -0.360. The number of nitrogens with one attached hydrogen (secondary N) is 1. The average molecular weight is 279 g/mol. The van der Waals surface area contributed by atoms with Gasteiger partial charge in [-0.25, -0.2) is 0 Å².